The van der Waals surface area contributed by atoms with Gasteiger partial charge in [-0.15, -0.1) is 21.5 Å². The lowest BCUT2D eigenvalue weighted by Crippen LogP contribution is -2.36. The van der Waals surface area contributed by atoms with Gasteiger partial charge in [0.25, 0.3) is 0 Å². The van der Waals surface area contributed by atoms with E-state index in [4.69, 9.17) is 0 Å². The van der Waals surface area contributed by atoms with Crippen LogP contribution in [0.15, 0.2) is 46.9 Å². The quantitative estimate of drug-likeness (QED) is 0.531. The van der Waals surface area contributed by atoms with Crippen LogP contribution in [0.2, 0.25) is 0 Å². The molecule has 1 fully saturated rings. The monoisotopic (exact) mass is 438 g/mol. The topological polar surface area (TPSA) is 59.8 Å². The number of thiophene rings is 1. The van der Waals surface area contributed by atoms with E-state index in [9.17, 15) is 4.79 Å². The van der Waals surface area contributed by atoms with E-state index in [1.54, 1.807) is 11.3 Å². The number of rotatable bonds is 7. The summed E-state index contributed by atoms with van der Waals surface area (Å²) in [5, 5.41) is 15.0. The van der Waals surface area contributed by atoms with E-state index in [0.717, 1.165) is 36.7 Å². The molecule has 156 valence electrons. The number of carbonyl (C=O) groups excluding carboxylic acids is 1. The summed E-state index contributed by atoms with van der Waals surface area (Å²) in [6.07, 6.45) is 6.37. The number of benzene rings is 1. The lowest BCUT2D eigenvalue weighted by atomic mass is 9.88. The first kappa shape index (κ1) is 19.8. The molecule has 5 nitrogen and oxygen atoms in total. The first-order valence-corrected chi connectivity index (χ1v) is 12.5. The second-order valence-electron chi connectivity index (χ2n) is 8.17. The molecule has 0 saturated heterocycles. The molecule has 0 radical (unpaired) electrons. The van der Waals surface area contributed by atoms with E-state index in [1.807, 2.05) is 6.92 Å². The van der Waals surface area contributed by atoms with Crippen molar-refractivity contribution >= 4 is 29.0 Å². The number of nitrogens with zero attached hydrogens (tertiary/aromatic N) is 3. The Morgan fingerprint density at radius 2 is 2.10 bits per heavy atom. The molecule has 0 aliphatic heterocycles. The van der Waals surface area contributed by atoms with Crippen molar-refractivity contribution in [3.05, 3.63) is 63.6 Å². The number of fused-ring (bicyclic) bond motifs is 1. The Labute approximate surface area is 185 Å². The zero-order chi connectivity index (χ0) is 20.5. The van der Waals surface area contributed by atoms with Crippen molar-refractivity contribution in [2.45, 2.75) is 67.9 Å². The highest BCUT2D eigenvalue weighted by Crippen LogP contribution is 2.40. The molecular formula is C23H26N4OS2. The number of hydrogen-bond acceptors (Lipinski definition) is 5. The van der Waals surface area contributed by atoms with Crippen molar-refractivity contribution in [2.24, 2.45) is 0 Å². The van der Waals surface area contributed by atoms with Crippen LogP contribution >= 0.6 is 23.1 Å². The zero-order valence-corrected chi connectivity index (χ0v) is 18.7. The molecule has 0 bridgehead atoms. The van der Waals surface area contributed by atoms with Crippen molar-refractivity contribution in [3.63, 3.8) is 0 Å². The van der Waals surface area contributed by atoms with E-state index >= 15 is 0 Å². The molecule has 2 unspecified atom stereocenters. The van der Waals surface area contributed by atoms with Gasteiger partial charge in [-0.2, -0.15) is 0 Å². The first-order chi connectivity index (χ1) is 14.7. The van der Waals surface area contributed by atoms with Crippen LogP contribution in [-0.4, -0.2) is 25.9 Å². The van der Waals surface area contributed by atoms with Crippen molar-refractivity contribution in [1.82, 2.24) is 20.1 Å². The molecule has 2 aromatic heterocycles. The predicted molar refractivity (Wildman–Crippen MR) is 121 cm³/mol. The summed E-state index contributed by atoms with van der Waals surface area (Å²) in [7, 11) is 0. The number of aromatic nitrogens is 3. The number of thioether (sulfide) groups is 1. The van der Waals surface area contributed by atoms with Crippen LogP contribution in [0.1, 0.15) is 66.5 Å². The van der Waals surface area contributed by atoms with Gasteiger partial charge in [0.2, 0.25) is 5.91 Å². The lowest BCUT2D eigenvalue weighted by Gasteiger charge is -2.27. The fourth-order valence-electron chi connectivity index (χ4n) is 4.18. The zero-order valence-electron chi connectivity index (χ0n) is 17.1. The highest BCUT2D eigenvalue weighted by Gasteiger charge is 2.31. The van der Waals surface area contributed by atoms with Gasteiger partial charge in [-0.25, -0.2) is 0 Å². The SMILES string of the molecule is CC(Sc1nnc(Cc2cccs2)n1C1CC1)C(=O)NC1CCCc2ccccc21. The van der Waals surface area contributed by atoms with Crippen LogP contribution in [-0.2, 0) is 17.6 Å². The summed E-state index contributed by atoms with van der Waals surface area (Å²) in [5.74, 6) is 1.09. The van der Waals surface area contributed by atoms with Gasteiger partial charge in [0, 0.05) is 17.3 Å². The fourth-order valence-corrected chi connectivity index (χ4v) is 5.83. The lowest BCUT2D eigenvalue weighted by molar-refractivity contribution is -0.121. The minimum absolute atomic E-state index is 0.0758. The average Bonchev–Trinajstić information content (AvgIpc) is 3.32. The van der Waals surface area contributed by atoms with Gasteiger partial charge in [0.1, 0.15) is 5.82 Å². The Bertz CT molecular complexity index is 1030. The largest absolute Gasteiger partial charge is 0.348 e. The molecular weight excluding hydrogens is 412 g/mol. The maximum absolute atomic E-state index is 13.0. The Balaban J connectivity index is 1.28. The van der Waals surface area contributed by atoms with Crippen LogP contribution in [0.4, 0.5) is 0 Å². The molecule has 3 aromatic rings. The number of nitrogens with one attached hydrogen (secondary N) is 1. The Hall–Kier alpha value is -2.12. The summed E-state index contributed by atoms with van der Waals surface area (Å²) < 4.78 is 2.27. The minimum atomic E-state index is -0.213. The third-order valence-corrected chi connectivity index (χ3v) is 7.83. The molecule has 30 heavy (non-hydrogen) atoms. The number of hydrogen-bond donors (Lipinski definition) is 1. The molecule has 2 aliphatic rings. The predicted octanol–water partition coefficient (Wildman–Crippen LogP) is 4.94. The van der Waals surface area contributed by atoms with E-state index in [1.165, 1.54) is 40.6 Å². The van der Waals surface area contributed by atoms with E-state index in [-0.39, 0.29) is 17.2 Å². The number of amides is 1. The highest BCUT2D eigenvalue weighted by molar-refractivity contribution is 8.00. The summed E-state index contributed by atoms with van der Waals surface area (Å²) in [5.41, 5.74) is 2.63. The molecule has 0 spiro atoms. The van der Waals surface area contributed by atoms with Gasteiger partial charge in [-0.3, -0.25) is 4.79 Å². The minimum Gasteiger partial charge on any atom is -0.348 e. The van der Waals surface area contributed by atoms with Crippen molar-refractivity contribution < 1.29 is 4.79 Å². The number of aryl methyl sites for hydroxylation is 1. The van der Waals surface area contributed by atoms with Crippen LogP contribution in [0.5, 0.6) is 0 Å². The van der Waals surface area contributed by atoms with Gasteiger partial charge in [0.15, 0.2) is 5.16 Å². The highest BCUT2D eigenvalue weighted by atomic mass is 32.2. The second-order valence-corrected chi connectivity index (χ2v) is 10.5. The molecule has 2 heterocycles. The summed E-state index contributed by atoms with van der Waals surface area (Å²) in [4.78, 5) is 14.3. The van der Waals surface area contributed by atoms with Crippen molar-refractivity contribution in [1.29, 1.82) is 0 Å². The van der Waals surface area contributed by atoms with Crippen LogP contribution in [0.3, 0.4) is 0 Å². The van der Waals surface area contributed by atoms with Crippen LogP contribution in [0, 0.1) is 0 Å². The molecule has 2 aliphatic carbocycles. The Morgan fingerprint density at radius 1 is 1.23 bits per heavy atom. The van der Waals surface area contributed by atoms with E-state index < -0.39 is 0 Å². The van der Waals surface area contributed by atoms with Gasteiger partial charge in [-0.05, 0) is 61.6 Å². The maximum Gasteiger partial charge on any atom is 0.233 e. The summed E-state index contributed by atoms with van der Waals surface area (Å²) >= 11 is 3.28. The van der Waals surface area contributed by atoms with Gasteiger partial charge in [-0.1, -0.05) is 42.1 Å². The summed E-state index contributed by atoms with van der Waals surface area (Å²) in [6.45, 7) is 1.97. The van der Waals surface area contributed by atoms with E-state index in [2.05, 4.69) is 61.9 Å². The third-order valence-electron chi connectivity index (χ3n) is 5.90. The molecule has 1 aromatic carbocycles. The standard InChI is InChI=1S/C23H26N4OS2/c1-15(22(28)24-20-10-4-7-16-6-2-3-9-19(16)20)30-23-26-25-21(27(23)17-11-12-17)14-18-8-5-13-29-18/h2-3,5-6,8-9,13,15,17,20H,4,7,10-12,14H2,1H3,(H,24,28). The Kier molecular flexibility index (Phi) is 5.65. The third kappa shape index (κ3) is 4.18. The average molecular weight is 439 g/mol. The van der Waals surface area contributed by atoms with Gasteiger partial charge in [0.05, 0.1) is 11.3 Å². The molecule has 5 rings (SSSR count). The Morgan fingerprint density at radius 3 is 2.90 bits per heavy atom. The van der Waals surface area contributed by atoms with Crippen molar-refractivity contribution in [3.8, 4) is 0 Å². The molecule has 2 atom stereocenters. The summed E-state index contributed by atoms with van der Waals surface area (Å²) in [6, 6.07) is 13.3. The smallest absolute Gasteiger partial charge is 0.233 e. The fraction of sp³-hybridized carbons (Fsp3) is 0.435. The maximum atomic E-state index is 13.0. The second kappa shape index (κ2) is 8.55. The molecule has 1 saturated carbocycles. The normalized spacial score (nSPS) is 19.3. The molecule has 1 amide bonds. The van der Waals surface area contributed by atoms with Crippen LogP contribution in [0.25, 0.3) is 0 Å². The van der Waals surface area contributed by atoms with Gasteiger partial charge >= 0.3 is 0 Å². The molecule has 7 heteroatoms. The number of carbonyl (C=O) groups is 1. The van der Waals surface area contributed by atoms with Crippen LogP contribution < -0.4 is 5.32 Å². The van der Waals surface area contributed by atoms with E-state index in [0.29, 0.717) is 6.04 Å². The van der Waals surface area contributed by atoms with Gasteiger partial charge < -0.3 is 9.88 Å². The molecule has 1 N–H and O–H groups in total. The first-order valence-electron chi connectivity index (χ1n) is 10.7. The van der Waals surface area contributed by atoms with Crippen molar-refractivity contribution in [2.75, 3.05) is 0 Å².